The monoisotopic (exact) mass is 401 g/mol. The van der Waals surface area contributed by atoms with Gasteiger partial charge < -0.3 is 15.5 Å². The molecule has 0 aliphatic carbocycles. The largest absolute Gasteiger partial charge is 0.353 e. The average molecular weight is 402 g/mol. The molecule has 0 fully saturated rings. The maximum Gasteiger partial charge on any atom is 0.225 e. The molecule has 1 aromatic heterocycles. The minimum absolute atomic E-state index is 0.532. The fraction of sp³-hybridized carbons (Fsp3) is 0.200. The molecule has 0 amide bonds. The van der Waals surface area contributed by atoms with Crippen molar-refractivity contribution in [2.45, 2.75) is 0 Å². The van der Waals surface area contributed by atoms with Crippen LogP contribution in [0.4, 0.5) is 17.5 Å². The second-order valence-electron chi connectivity index (χ2n) is 6.28. The van der Waals surface area contributed by atoms with E-state index in [1.807, 2.05) is 50.5 Å². The van der Waals surface area contributed by atoms with Gasteiger partial charge in [-0.15, -0.1) is 0 Å². The van der Waals surface area contributed by atoms with Gasteiger partial charge in [0, 0.05) is 24.7 Å². The molecule has 0 saturated carbocycles. The molecule has 0 spiro atoms. The Hall–Kier alpha value is -2.34. The van der Waals surface area contributed by atoms with E-state index < -0.39 is 0 Å². The molecule has 3 rings (SSSR count). The second kappa shape index (κ2) is 9.04. The predicted octanol–water partition coefficient (Wildman–Crippen LogP) is 5.17. The molecule has 0 unspecified atom stereocenters. The van der Waals surface area contributed by atoms with Crippen molar-refractivity contribution in [2.24, 2.45) is 0 Å². The smallest absolute Gasteiger partial charge is 0.225 e. The van der Waals surface area contributed by atoms with Crippen LogP contribution in [-0.4, -0.2) is 42.1 Å². The summed E-state index contributed by atoms with van der Waals surface area (Å²) >= 11 is 12.6. The summed E-state index contributed by atoms with van der Waals surface area (Å²) in [6.07, 6.45) is 0. The second-order valence-corrected chi connectivity index (χ2v) is 7.09. The molecule has 2 N–H and O–H groups in total. The molecule has 27 heavy (non-hydrogen) atoms. The first kappa shape index (κ1) is 19.4. The van der Waals surface area contributed by atoms with Crippen LogP contribution in [0.2, 0.25) is 10.0 Å². The lowest BCUT2D eigenvalue weighted by atomic mass is 10.1. The molecule has 0 aliphatic heterocycles. The number of likely N-dealkylation sites (N-methyl/N-ethyl adjacent to an activating group) is 1. The Morgan fingerprint density at radius 3 is 2.30 bits per heavy atom. The van der Waals surface area contributed by atoms with Crippen LogP contribution >= 0.6 is 23.2 Å². The topological polar surface area (TPSA) is 53.1 Å². The summed E-state index contributed by atoms with van der Waals surface area (Å²) in [7, 11) is 4.05. The molecule has 0 saturated heterocycles. The zero-order valence-corrected chi connectivity index (χ0v) is 16.7. The van der Waals surface area contributed by atoms with E-state index in [1.165, 1.54) is 0 Å². The van der Waals surface area contributed by atoms with E-state index in [0.717, 1.165) is 24.3 Å². The third-order valence-corrected chi connectivity index (χ3v) is 4.48. The van der Waals surface area contributed by atoms with Crippen molar-refractivity contribution in [3.8, 4) is 11.3 Å². The average Bonchev–Trinajstić information content (AvgIpc) is 2.65. The summed E-state index contributed by atoms with van der Waals surface area (Å²) in [6.45, 7) is 1.61. The van der Waals surface area contributed by atoms with Gasteiger partial charge in [-0.25, -0.2) is 4.98 Å². The third kappa shape index (κ3) is 5.32. The Labute approximate surface area is 169 Å². The van der Waals surface area contributed by atoms with Gasteiger partial charge in [-0.3, -0.25) is 0 Å². The maximum atomic E-state index is 6.28. The molecule has 3 aromatic rings. The first-order valence-corrected chi connectivity index (χ1v) is 9.32. The van der Waals surface area contributed by atoms with Gasteiger partial charge in [-0.05, 0) is 26.2 Å². The fourth-order valence-corrected chi connectivity index (χ4v) is 2.98. The molecular weight excluding hydrogens is 381 g/mol. The summed E-state index contributed by atoms with van der Waals surface area (Å²) in [5, 5.41) is 7.56. The summed E-state index contributed by atoms with van der Waals surface area (Å²) in [5.74, 6) is 1.16. The normalized spacial score (nSPS) is 10.9. The number of aromatic nitrogens is 2. The number of nitrogens with zero attached hydrogens (tertiary/aromatic N) is 3. The Morgan fingerprint density at radius 2 is 1.63 bits per heavy atom. The first-order chi connectivity index (χ1) is 13.0. The SMILES string of the molecule is CN(C)CCNc1nc(Nc2c(Cl)cccc2Cl)cc(-c2ccccc2)n1. The molecule has 1 heterocycles. The van der Waals surface area contributed by atoms with Gasteiger partial charge in [0.25, 0.3) is 0 Å². The lowest BCUT2D eigenvalue weighted by Gasteiger charge is -2.14. The minimum atomic E-state index is 0.532. The lowest BCUT2D eigenvalue weighted by molar-refractivity contribution is 0.425. The van der Waals surface area contributed by atoms with Crippen LogP contribution in [0.15, 0.2) is 54.6 Å². The van der Waals surface area contributed by atoms with Gasteiger partial charge >= 0.3 is 0 Å². The van der Waals surface area contributed by atoms with Crippen molar-refractivity contribution >= 4 is 40.7 Å². The van der Waals surface area contributed by atoms with E-state index in [1.54, 1.807) is 18.2 Å². The van der Waals surface area contributed by atoms with Crippen molar-refractivity contribution in [3.05, 3.63) is 64.6 Å². The Bertz CT molecular complexity index is 880. The molecular formula is C20H21Cl2N5. The van der Waals surface area contributed by atoms with Crippen LogP contribution < -0.4 is 10.6 Å². The summed E-state index contributed by atoms with van der Waals surface area (Å²) in [6, 6.07) is 17.2. The Morgan fingerprint density at radius 1 is 0.926 bits per heavy atom. The minimum Gasteiger partial charge on any atom is -0.353 e. The number of rotatable bonds is 7. The van der Waals surface area contributed by atoms with Gasteiger partial charge in [0.15, 0.2) is 0 Å². The van der Waals surface area contributed by atoms with Crippen LogP contribution in [0.5, 0.6) is 0 Å². The molecule has 0 atom stereocenters. The molecule has 0 bridgehead atoms. The number of halogens is 2. The highest BCUT2D eigenvalue weighted by Gasteiger charge is 2.10. The Balaban J connectivity index is 1.94. The van der Waals surface area contributed by atoms with Crippen LogP contribution in [0.3, 0.4) is 0 Å². The van der Waals surface area contributed by atoms with Gasteiger partial charge in [-0.2, -0.15) is 4.98 Å². The highest BCUT2D eigenvalue weighted by atomic mass is 35.5. The van der Waals surface area contributed by atoms with E-state index in [4.69, 9.17) is 23.2 Å². The van der Waals surface area contributed by atoms with E-state index in [0.29, 0.717) is 27.5 Å². The van der Waals surface area contributed by atoms with Gasteiger partial charge in [0.05, 0.1) is 21.4 Å². The predicted molar refractivity (Wildman–Crippen MR) is 114 cm³/mol. The lowest BCUT2D eigenvalue weighted by Crippen LogP contribution is -2.21. The van der Waals surface area contributed by atoms with Gasteiger partial charge in [-0.1, -0.05) is 59.6 Å². The molecule has 140 valence electrons. The third-order valence-electron chi connectivity index (χ3n) is 3.85. The van der Waals surface area contributed by atoms with Crippen molar-refractivity contribution in [1.29, 1.82) is 0 Å². The van der Waals surface area contributed by atoms with E-state index in [9.17, 15) is 0 Å². The quantitative estimate of drug-likeness (QED) is 0.571. The summed E-state index contributed by atoms with van der Waals surface area (Å²) in [5.41, 5.74) is 2.44. The number of nitrogens with one attached hydrogen (secondary N) is 2. The van der Waals surface area contributed by atoms with Crippen molar-refractivity contribution in [1.82, 2.24) is 14.9 Å². The number of benzene rings is 2. The van der Waals surface area contributed by atoms with E-state index in [-0.39, 0.29) is 0 Å². The Kier molecular flexibility index (Phi) is 6.50. The number of hydrogen-bond donors (Lipinski definition) is 2. The molecule has 2 aromatic carbocycles. The maximum absolute atomic E-state index is 6.28. The fourth-order valence-electron chi connectivity index (χ4n) is 2.48. The van der Waals surface area contributed by atoms with Crippen LogP contribution in [0.25, 0.3) is 11.3 Å². The molecule has 0 radical (unpaired) electrons. The van der Waals surface area contributed by atoms with E-state index >= 15 is 0 Å². The van der Waals surface area contributed by atoms with Gasteiger partial charge in [0.2, 0.25) is 5.95 Å². The summed E-state index contributed by atoms with van der Waals surface area (Å²) in [4.78, 5) is 11.3. The molecule has 5 nitrogen and oxygen atoms in total. The van der Waals surface area contributed by atoms with Crippen LogP contribution in [0, 0.1) is 0 Å². The standard InChI is InChI=1S/C20H21Cl2N5/c1-27(2)12-11-23-20-24-17(14-7-4-3-5-8-14)13-18(26-20)25-19-15(21)9-6-10-16(19)22/h3-10,13H,11-12H2,1-2H3,(H2,23,24,25,26). The number of hydrogen-bond acceptors (Lipinski definition) is 5. The zero-order chi connectivity index (χ0) is 19.2. The number of anilines is 3. The number of para-hydroxylation sites is 1. The highest BCUT2D eigenvalue weighted by molar-refractivity contribution is 6.39. The van der Waals surface area contributed by atoms with Crippen molar-refractivity contribution in [3.63, 3.8) is 0 Å². The van der Waals surface area contributed by atoms with E-state index in [2.05, 4.69) is 25.5 Å². The highest BCUT2D eigenvalue weighted by Crippen LogP contribution is 2.33. The summed E-state index contributed by atoms with van der Waals surface area (Å²) < 4.78 is 0. The zero-order valence-electron chi connectivity index (χ0n) is 15.2. The van der Waals surface area contributed by atoms with Crippen LogP contribution in [-0.2, 0) is 0 Å². The first-order valence-electron chi connectivity index (χ1n) is 8.57. The van der Waals surface area contributed by atoms with Crippen molar-refractivity contribution in [2.75, 3.05) is 37.8 Å². The van der Waals surface area contributed by atoms with Gasteiger partial charge in [0.1, 0.15) is 5.82 Å². The van der Waals surface area contributed by atoms with Crippen LogP contribution in [0.1, 0.15) is 0 Å². The molecule has 0 aliphatic rings. The van der Waals surface area contributed by atoms with Crippen molar-refractivity contribution < 1.29 is 0 Å². The molecule has 7 heteroatoms.